The number of benzene rings is 2. The van der Waals surface area contributed by atoms with Crippen molar-refractivity contribution < 1.29 is 0 Å². The lowest BCUT2D eigenvalue weighted by Gasteiger charge is -2.30. The zero-order chi connectivity index (χ0) is 17.3. The first kappa shape index (κ1) is 18.0. The summed E-state index contributed by atoms with van der Waals surface area (Å²) in [5.41, 5.74) is 3.47. The maximum Gasteiger partial charge on any atom is 0.165 e. The Morgan fingerprint density at radius 1 is 0.815 bits per heavy atom. The van der Waals surface area contributed by atoms with Crippen LogP contribution >= 0.6 is 12.4 Å². The van der Waals surface area contributed by atoms with Crippen molar-refractivity contribution in [3.63, 3.8) is 0 Å². The number of nitrogens with zero attached hydrogens (tertiary/aromatic N) is 5. The molecule has 3 heterocycles. The van der Waals surface area contributed by atoms with E-state index in [9.17, 15) is 0 Å². The first-order chi connectivity index (χ1) is 12.9. The number of hydrogen-bond acceptors (Lipinski definition) is 4. The summed E-state index contributed by atoms with van der Waals surface area (Å²) in [4.78, 5) is 9.69. The Bertz CT molecular complexity index is 902. The first-order valence-corrected chi connectivity index (χ1v) is 9.48. The van der Waals surface area contributed by atoms with Crippen LogP contribution in [0.3, 0.4) is 0 Å². The third-order valence-electron chi connectivity index (χ3n) is 5.30. The molecule has 0 N–H and O–H groups in total. The zero-order valence-electron chi connectivity index (χ0n) is 15.3. The summed E-state index contributed by atoms with van der Waals surface area (Å²) in [6.45, 7) is 3.93. The quantitative estimate of drug-likeness (QED) is 0.676. The molecule has 0 unspecified atom stereocenters. The molecule has 0 aliphatic carbocycles. The lowest BCUT2D eigenvalue weighted by Crippen LogP contribution is -2.29. The van der Waals surface area contributed by atoms with Crippen LogP contribution in [0.5, 0.6) is 0 Å². The minimum atomic E-state index is 0. The first-order valence-electron chi connectivity index (χ1n) is 9.48. The second-order valence-electron chi connectivity index (χ2n) is 7.10. The summed E-state index contributed by atoms with van der Waals surface area (Å²) in [5.74, 6) is 1.95. The van der Waals surface area contributed by atoms with Gasteiger partial charge in [0.05, 0.1) is 24.5 Å². The van der Waals surface area contributed by atoms with Crippen LogP contribution < -0.4 is 4.90 Å². The summed E-state index contributed by atoms with van der Waals surface area (Å²) in [5, 5.41) is 4.85. The Morgan fingerprint density at radius 3 is 2.30 bits per heavy atom. The van der Waals surface area contributed by atoms with Gasteiger partial charge in [0.2, 0.25) is 0 Å². The number of fused-ring (bicyclic) bond motifs is 3. The van der Waals surface area contributed by atoms with E-state index in [1.807, 2.05) is 4.68 Å². The minimum absolute atomic E-state index is 0. The van der Waals surface area contributed by atoms with Gasteiger partial charge in [0.1, 0.15) is 0 Å². The Morgan fingerprint density at radius 2 is 1.52 bits per heavy atom. The second kappa shape index (κ2) is 7.71. The van der Waals surface area contributed by atoms with Gasteiger partial charge in [0.15, 0.2) is 11.6 Å². The lowest BCUT2D eigenvalue weighted by molar-refractivity contribution is 0.216. The Hall–Kier alpha value is -2.37. The highest BCUT2D eigenvalue weighted by Gasteiger charge is 2.26. The van der Waals surface area contributed by atoms with Crippen LogP contribution in [-0.2, 0) is 13.1 Å². The van der Waals surface area contributed by atoms with Crippen LogP contribution in [0, 0.1) is 0 Å². The van der Waals surface area contributed by atoms with Crippen LogP contribution in [-0.4, -0.2) is 32.8 Å². The van der Waals surface area contributed by atoms with Gasteiger partial charge in [0, 0.05) is 5.69 Å². The van der Waals surface area contributed by atoms with Crippen molar-refractivity contribution in [3.05, 3.63) is 66.2 Å². The standard InChI is InChI=1S/C21H23N5.ClH/c1-3-9-17(10-4-1)25-16-21-22-20(15-24-13-7-2-8-14-24)23-26(21)19-12-6-5-11-18(19)25;/h1,3-6,9-12H,2,7-8,13-16H2;1H. The summed E-state index contributed by atoms with van der Waals surface area (Å²) in [7, 11) is 0. The largest absolute Gasteiger partial charge is 0.332 e. The van der Waals surface area contributed by atoms with Gasteiger partial charge in [0.25, 0.3) is 0 Å². The lowest BCUT2D eigenvalue weighted by atomic mass is 10.1. The molecule has 0 saturated carbocycles. The number of aromatic nitrogens is 3. The molecule has 2 aromatic carbocycles. The molecule has 5 nitrogen and oxygen atoms in total. The second-order valence-corrected chi connectivity index (χ2v) is 7.10. The minimum Gasteiger partial charge on any atom is -0.332 e. The van der Waals surface area contributed by atoms with Crippen LogP contribution in [0.25, 0.3) is 5.69 Å². The summed E-state index contributed by atoms with van der Waals surface area (Å²) < 4.78 is 2.04. The number of para-hydroxylation sites is 3. The van der Waals surface area contributed by atoms with E-state index in [0.29, 0.717) is 0 Å². The molecule has 1 saturated heterocycles. The third-order valence-corrected chi connectivity index (χ3v) is 5.30. The topological polar surface area (TPSA) is 37.2 Å². The number of piperidine rings is 1. The Balaban J connectivity index is 0.00000180. The van der Waals surface area contributed by atoms with Gasteiger partial charge in [-0.1, -0.05) is 36.8 Å². The number of hydrogen-bond donors (Lipinski definition) is 0. The van der Waals surface area contributed by atoms with Crippen molar-refractivity contribution in [2.75, 3.05) is 18.0 Å². The van der Waals surface area contributed by atoms with E-state index >= 15 is 0 Å². The van der Waals surface area contributed by atoms with Gasteiger partial charge in [-0.2, -0.15) is 0 Å². The van der Waals surface area contributed by atoms with Crippen LogP contribution in [0.15, 0.2) is 54.6 Å². The molecule has 1 fully saturated rings. The van der Waals surface area contributed by atoms with Crippen LogP contribution in [0.4, 0.5) is 11.4 Å². The third kappa shape index (κ3) is 3.45. The molecule has 140 valence electrons. The highest BCUT2D eigenvalue weighted by atomic mass is 35.5. The number of halogens is 1. The number of rotatable bonds is 3. The molecule has 5 rings (SSSR count). The predicted molar refractivity (Wildman–Crippen MR) is 110 cm³/mol. The van der Waals surface area contributed by atoms with E-state index in [4.69, 9.17) is 10.1 Å². The molecule has 0 radical (unpaired) electrons. The van der Waals surface area contributed by atoms with Crippen LogP contribution in [0.2, 0.25) is 0 Å². The monoisotopic (exact) mass is 381 g/mol. The van der Waals surface area contributed by atoms with E-state index in [1.54, 1.807) is 0 Å². The van der Waals surface area contributed by atoms with E-state index in [2.05, 4.69) is 64.4 Å². The average molecular weight is 382 g/mol. The summed E-state index contributed by atoms with van der Waals surface area (Å²) in [6, 6.07) is 19.0. The molecule has 2 aliphatic rings. The molecule has 0 amide bonds. The highest BCUT2D eigenvalue weighted by Crippen LogP contribution is 2.36. The van der Waals surface area contributed by atoms with E-state index < -0.39 is 0 Å². The van der Waals surface area contributed by atoms with Crippen molar-refractivity contribution in [3.8, 4) is 5.69 Å². The van der Waals surface area contributed by atoms with E-state index in [1.165, 1.54) is 30.6 Å². The highest BCUT2D eigenvalue weighted by molar-refractivity contribution is 5.85. The van der Waals surface area contributed by atoms with Crippen molar-refractivity contribution in [1.82, 2.24) is 19.7 Å². The SMILES string of the molecule is Cl.c1ccc(N2Cc3nc(CN4CCCCC4)nn3-c3ccccc32)cc1. The van der Waals surface area contributed by atoms with Gasteiger partial charge < -0.3 is 4.90 Å². The fourth-order valence-corrected chi connectivity index (χ4v) is 4.01. The van der Waals surface area contributed by atoms with Crippen molar-refractivity contribution in [1.29, 1.82) is 0 Å². The zero-order valence-corrected chi connectivity index (χ0v) is 16.1. The number of anilines is 2. The van der Waals surface area contributed by atoms with Crippen molar-refractivity contribution in [2.24, 2.45) is 0 Å². The summed E-state index contributed by atoms with van der Waals surface area (Å²) in [6.07, 6.45) is 3.93. The van der Waals surface area contributed by atoms with Gasteiger partial charge >= 0.3 is 0 Å². The molecular formula is C21H24ClN5. The fraction of sp³-hybridized carbons (Fsp3) is 0.333. The van der Waals surface area contributed by atoms with Crippen molar-refractivity contribution >= 4 is 23.8 Å². The Kier molecular flexibility index (Phi) is 5.14. The smallest absolute Gasteiger partial charge is 0.165 e. The molecular weight excluding hydrogens is 358 g/mol. The molecule has 0 spiro atoms. The van der Waals surface area contributed by atoms with Gasteiger partial charge in [-0.15, -0.1) is 17.5 Å². The molecule has 0 bridgehead atoms. The van der Waals surface area contributed by atoms with Gasteiger partial charge in [-0.25, -0.2) is 9.67 Å². The van der Waals surface area contributed by atoms with E-state index in [0.717, 1.165) is 43.5 Å². The predicted octanol–water partition coefficient (Wildman–Crippen LogP) is 4.33. The molecule has 2 aliphatic heterocycles. The molecule has 27 heavy (non-hydrogen) atoms. The normalized spacial score (nSPS) is 16.4. The van der Waals surface area contributed by atoms with Gasteiger partial charge in [-0.3, -0.25) is 4.90 Å². The average Bonchev–Trinajstić information content (AvgIpc) is 3.11. The Labute approximate surface area is 166 Å². The fourth-order valence-electron chi connectivity index (χ4n) is 4.01. The number of likely N-dealkylation sites (tertiary alicyclic amines) is 1. The van der Waals surface area contributed by atoms with E-state index in [-0.39, 0.29) is 12.4 Å². The summed E-state index contributed by atoms with van der Waals surface area (Å²) >= 11 is 0. The maximum absolute atomic E-state index is 4.89. The molecule has 1 aromatic heterocycles. The molecule has 3 aromatic rings. The molecule has 0 atom stereocenters. The van der Waals surface area contributed by atoms with Gasteiger partial charge in [-0.05, 0) is 50.2 Å². The van der Waals surface area contributed by atoms with Crippen molar-refractivity contribution in [2.45, 2.75) is 32.4 Å². The maximum atomic E-state index is 4.89. The van der Waals surface area contributed by atoms with Crippen LogP contribution in [0.1, 0.15) is 30.9 Å². The molecule has 6 heteroatoms.